The average Bonchev–Trinajstić information content (AvgIpc) is 2.45. The number of carbonyl (C=O) groups excluding carboxylic acids is 1. The van der Waals surface area contributed by atoms with Crippen molar-refractivity contribution in [2.24, 2.45) is 0 Å². The molecule has 0 fully saturated rings. The van der Waals surface area contributed by atoms with Gasteiger partial charge in [-0.15, -0.1) is 0 Å². The summed E-state index contributed by atoms with van der Waals surface area (Å²) in [6.45, 7) is 4.67. The van der Waals surface area contributed by atoms with Crippen molar-refractivity contribution >= 4 is 11.6 Å². The van der Waals surface area contributed by atoms with Crippen molar-refractivity contribution in [2.75, 3.05) is 11.4 Å². The summed E-state index contributed by atoms with van der Waals surface area (Å²) in [6, 6.07) is 11.2. The molecule has 3 rings (SSSR count). The van der Waals surface area contributed by atoms with Gasteiger partial charge in [-0.2, -0.15) is 0 Å². The molecule has 1 N–H and O–H groups in total. The van der Waals surface area contributed by atoms with Gasteiger partial charge in [0.1, 0.15) is 5.75 Å². The van der Waals surface area contributed by atoms with Crippen LogP contribution in [-0.4, -0.2) is 17.6 Å². The van der Waals surface area contributed by atoms with Crippen LogP contribution in [0.3, 0.4) is 0 Å². The number of aryl methyl sites for hydroxylation is 3. The number of benzene rings is 2. The lowest BCUT2D eigenvalue weighted by Crippen LogP contribution is -2.35. The van der Waals surface area contributed by atoms with Crippen LogP contribution < -0.4 is 4.90 Å². The first-order valence-corrected chi connectivity index (χ1v) is 7.27. The molecule has 21 heavy (non-hydrogen) atoms. The number of phenolic OH excluding ortho intramolecular Hbond substituents is 1. The molecule has 108 valence electrons. The molecule has 1 heterocycles. The number of nitrogens with zero attached hydrogens (tertiary/aromatic N) is 1. The van der Waals surface area contributed by atoms with E-state index in [1.54, 1.807) is 18.2 Å². The van der Waals surface area contributed by atoms with Gasteiger partial charge in [-0.3, -0.25) is 4.79 Å². The van der Waals surface area contributed by atoms with Gasteiger partial charge in [0.05, 0.1) is 0 Å². The van der Waals surface area contributed by atoms with E-state index in [2.05, 4.69) is 13.0 Å². The molecule has 0 bridgehead atoms. The van der Waals surface area contributed by atoms with Crippen molar-refractivity contribution in [3.8, 4) is 5.75 Å². The van der Waals surface area contributed by atoms with Crippen molar-refractivity contribution in [1.29, 1.82) is 0 Å². The van der Waals surface area contributed by atoms with Gasteiger partial charge in [0, 0.05) is 17.8 Å². The number of carbonyl (C=O) groups is 1. The van der Waals surface area contributed by atoms with Crippen LogP contribution in [0.2, 0.25) is 0 Å². The number of hydrogen-bond acceptors (Lipinski definition) is 2. The van der Waals surface area contributed by atoms with Crippen LogP contribution in [0, 0.1) is 13.8 Å². The molecule has 0 unspecified atom stereocenters. The second kappa shape index (κ2) is 5.24. The summed E-state index contributed by atoms with van der Waals surface area (Å²) in [7, 11) is 0. The average molecular weight is 281 g/mol. The van der Waals surface area contributed by atoms with E-state index < -0.39 is 0 Å². The number of rotatable bonds is 1. The van der Waals surface area contributed by atoms with Crippen LogP contribution in [0.15, 0.2) is 36.4 Å². The van der Waals surface area contributed by atoms with Crippen molar-refractivity contribution in [3.05, 3.63) is 58.7 Å². The van der Waals surface area contributed by atoms with E-state index in [0.717, 1.165) is 30.6 Å². The minimum atomic E-state index is 0.0114. The molecule has 1 amide bonds. The highest BCUT2D eigenvalue weighted by Gasteiger charge is 2.24. The van der Waals surface area contributed by atoms with Crippen LogP contribution in [0.1, 0.15) is 33.5 Å². The second-order valence-corrected chi connectivity index (χ2v) is 5.69. The van der Waals surface area contributed by atoms with Gasteiger partial charge in [-0.25, -0.2) is 0 Å². The monoisotopic (exact) mass is 281 g/mol. The number of fused-ring (bicyclic) bond motifs is 1. The first-order valence-electron chi connectivity index (χ1n) is 7.27. The number of amides is 1. The van der Waals surface area contributed by atoms with E-state index in [1.807, 2.05) is 24.0 Å². The number of phenols is 1. The summed E-state index contributed by atoms with van der Waals surface area (Å²) in [5.41, 5.74) is 4.94. The van der Waals surface area contributed by atoms with E-state index >= 15 is 0 Å². The molecule has 0 saturated carbocycles. The SMILES string of the molecule is Cc1ccc2c(c1)CCCN2C(=O)c1ccc(O)cc1C. The number of hydrogen-bond donors (Lipinski definition) is 1. The Hall–Kier alpha value is -2.29. The van der Waals surface area contributed by atoms with Crippen LogP contribution in [-0.2, 0) is 6.42 Å². The zero-order valence-corrected chi connectivity index (χ0v) is 12.4. The highest BCUT2D eigenvalue weighted by Crippen LogP contribution is 2.30. The van der Waals surface area contributed by atoms with Crippen molar-refractivity contribution in [1.82, 2.24) is 0 Å². The molecule has 3 heteroatoms. The zero-order chi connectivity index (χ0) is 15.0. The van der Waals surface area contributed by atoms with Gasteiger partial charge < -0.3 is 10.0 Å². The van der Waals surface area contributed by atoms with Gasteiger partial charge in [0.15, 0.2) is 0 Å². The summed E-state index contributed by atoms with van der Waals surface area (Å²) in [4.78, 5) is 14.7. The Kier molecular flexibility index (Phi) is 3.42. The summed E-state index contributed by atoms with van der Waals surface area (Å²) >= 11 is 0. The molecule has 2 aromatic rings. The third-order valence-electron chi connectivity index (χ3n) is 4.04. The maximum absolute atomic E-state index is 12.8. The Labute approximate surface area is 124 Å². The van der Waals surface area contributed by atoms with E-state index in [4.69, 9.17) is 0 Å². The smallest absolute Gasteiger partial charge is 0.258 e. The topological polar surface area (TPSA) is 40.5 Å². The van der Waals surface area contributed by atoms with E-state index in [-0.39, 0.29) is 11.7 Å². The second-order valence-electron chi connectivity index (χ2n) is 5.69. The lowest BCUT2D eigenvalue weighted by atomic mass is 9.98. The molecule has 0 atom stereocenters. The Morgan fingerprint density at radius 2 is 1.95 bits per heavy atom. The third kappa shape index (κ3) is 2.51. The quantitative estimate of drug-likeness (QED) is 0.867. The molecule has 0 spiro atoms. The molecular weight excluding hydrogens is 262 g/mol. The molecule has 0 aromatic heterocycles. The van der Waals surface area contributed by atoms with Crippen molar-refractivity contribution < 1.29 is 9.90 Å². The largest absolute Gasteiger partial charge is 0.508 e. The third-order valence-corrected chi connectivity index (χ3v) is 4.04. The van der Waals surface area contributed by atoms with Crippen molar-refractivity contribution in [3.63, 3.8) is 0 Å². The Balaban J connectivity index is 2.00. The van der Waals surface area contributed by atoms with Gasteiger partial charge in [-0.1, -0.05) is 17.7 Å². The van der Waals surface area contributed by atoms with Crippen LogP contribution in [0.5, 0.6) is 5.75 Å². The summed E-state index contributed by atoms with van der Waals surface area (Å²) in [5, 5.41) is 9.49. The molecule has 1 aliphatic heterocycles. The Bertz CT molecular complexity index is 706. The summed E-state index contributed by atoms with van der Waals surface area (Å²) in [5.74, 6) is 0.205. The Morgan fingerprint density at radius 1 is 1.14 bits per heavy atom. The highest BCUT2D eigenvalue weighted by molar-refractivity contribution is 6.07. The molecule has 0 radical (unpaired) electrons. The molecule has 0 saturated heterocycles. The normalized spacial score (nSPS) is 13.9. The van der Waals surface area contributed by atoms with Crippen LogP contribution in [0.4, 0.5) is 5.69 Å². The van der Waals surface area contributed by atoms with Gasteiger partial charge in [0.25, 0.3) is 5.91 Å². The molecule has 3 nitrogen and oxygen atoms in total. The molecule has 2 aromatic carbocycles. The predicted molar refractivity (Wildman–Crippen MR) is 84.0 cm³/mol. The maximum Gasteiger partial charge on any atom is 0.258 e. The van der Waals surface area contributed by atoms with Crippen molar-refractivity contribution in [2.45, 2.75) is 26.7 Å². The number of anilines is 1. The highest BCUT2D eigenvalue weighted by atomic mass is 16.3. The maximum atomic E-state index is 12.8. The lowest BCUT2D eigenvalue weighted by molar-refractivity contribution is 0.0984. The minimum Gasteiger partial charge on any atom is -0.508 e. The standard InChI is InChI=1S/C18H19NO2/c1-12-5-8-17-14(10-12)4-3-9-19(17)18(21)16-7-6-15(20)11-13(16)2/h5-8,10-11,20H,3-4,9H2,1-2H3. The molecular formula is C18H19NO2. The predicted octanol–water partition coefficient (Wildman–Crippen LogP) is 3.60. The first-order chi connectivity index (χ1) is 10.1. The Morgan fingerprint density at radius 3 is 2.71 bits per heavy atom. The zero-order valence-electron chi connectivity index (χ0n) is 12.4. The minimum absolute atomic E-state index is 0.0114. The first kappa shape index (κ1) is 13.7. The fourth-order valence-electron chi connectivity index (χ4n) is 2.97. The van der Waals surface area contributed by atoms with E-state index in [0.29, 0.717) is 5.56 Å². The number of aromatic hydroxyl groups is 1. The van der Waals surface area contributed by atoms with Crippen LogP contribution >= 0.6 is 0 Å². The van der Waals surface area contributed by atoms with Gasteiger partial charge in [0.2, 0.25) is 0 Å². The molecule has 1 aliphatic rings. The van der Waals surface area contributed by atoms with E-state index in [9.17, 15) is 9.90 Å². The van der Waals surface area contributed by atoms with Gasteiger partial charge in [-0.05, 0) is 62.1 Å². The van der Waals surface area contributed by atoms with E-state index in [1.165, 1.54) is 11.1 Å². The lowest BCUT2D eigenvalue weighted by Gasteiger charge is -2.30. The van der Waals surface area contributed by atoms with Crippen LogP contribution in [0.25, 0.3) is 0 Å². The molecule has 0 aliphatic carbocycles. The fourth-order valence-corrected chi connectivity index (χ4v) is 2.97. The summed E-state index contributed by atoms with van der Waals surface area (Å²) in [6.07, 6.45) is 2.01. The summed E-state index contributed by atoms with van der Waals surface area (Å²) < 4.78 is 0. The van der Waals surface area contributed by atoms with Gasteiger partial charge >= 0.3 is 0 Å². The fraction of sp³-hybridized carbons (Fsp3) is 0.278.